The minimum Gasteiger partial charge on any atom is -0.481 e. The molecular formula is C23H46ClNO12. The number of ether oxygens (including phenoxy) is 8. The van der Waals surface area contributed by atoms with Crippen LogP contribution in [0.15, 0.2) is 0 Å². The van der Waals surface area contributed by atoms with E-state index in [2.05, 4.69) is 4.90 Å². The average molecular weight is 564 g/mol. The summed E-state index contributed by atoms with van der Waals surface area (Å²) in [7, 11) is 2.01. The molecule has 0 bridgehead atoms. The zero-order valence-corrected chi connectivity index (χ0v) is 22.8. The quantitative estimate of drug-likeness (QED) is 0.116. The Morgan fingerprint density at radius 2 is 0.676 bits per heavy atom. The Bertz CT molecular complexity index is 462. The fourth-order valence-corrected chi connectivity index (χ4v) is 2.40. The van der Waals surface area contributed by atoms with E-state index in [1.807, 2.05) is 7.05 Å². The molecule has 0 fully saturated rings. The first-order valence-electron chi connectivity index (χ1n) is 12.3. The fraction of sp³-hybridized carbons (Fsp3) is 0.913. The number of aliphatic carboxylic acids is 2. The molecule has 37 heavy (non-hydrogen) atoms. The molecule has 14 heteroatoms. The van der Waals surface area contributed by atoms with Crippen LogP contribution in [0.2, 0.25) is 0 Å². The van der Waals surface area contributed by atoms with Gasteiger partial charge in [0.15, 0.2) is 0 Å². The van der Waals surface area contributed by atoms with Gasteiger partial charge in [-0.25, -0.2) is 0 Å². The van der Waals surface area contributed by atoms with E-state index in [0.717, 1.165) is 13.1 Å². The molecule has 13 nitrogen and oxygen atoms in total. The highest BCUT2D eigenvalue weighted by molar-refractivity contribution is 5.85. The van der Waals surface area contributed by atoms with Gasteiger partial charge in [0.1, 0.15) is 0 Å². The first-order chi connectivity index (χ1) is 17.5. The zero-order chi connectivity index (χ0) is 26.5. The van der Waals surface area contributed by atoms with Crippen molar-refractivity contribution in [1.29, 1.82) is 0 Å². The Hall–Kier alpha value is -1.13. The average Bonchev–Trinajstić information content (AvgIpc) is 2.84. The van der Waals surface area contributed by atoms with E-state index in [1.165, 1.54) is 0 Å². The highest BCUT2D eigenvalue weighted by Crippen LogP contribution is 1.89. The summed E-state index contributed by atoms with van der Waals surface area (Å²) in [6.45, 7) is 8.63. The van der Waals surface area contributed by atoms with Crippen molar-refractivity contribution >= 4 is 24.3 Å². The lowest BCUT2D eigenvalue weighted by Gasteiger charge is -2.16. The molecule has 0 aromatic heterocycles. The molecular weight excluding hydrogens is 518 g/mol. The molecule has 0 saturated heterocycles. The van der Waals surface area contributed by atoms with Gasteiger partial charge in [-0.1, -0.05) is 0 Å². The van der Waals surface area contributed by atoms with Crippen LogP contribution in [-0.4, -0.2) is 153 Å². The SMILES string of the molecule is CN(CCOCCOCCOCCOCCC(=O)O)CCOCCOCCOCCOCCC(=O)O.Cl. The van der Waals surface area contributed by atoms with Gasteiger partial charge in [0, 0.05) is 13.1 Å². The number of carboxylic acids is 2. The molecule has 0 aliphatic rings. The summed E-state index contributed by atoms with van der Waals surface area (Å²) in [6.07, 6.45) is -0.00165. The molecule has 0 atom stereocenters. The Labute approximate surface area is 226 Å². The van der Waals surface area contributed by atoms with Gasteiger partial charge in [-0.15, -0.1) is 12.4 Å². The molecule has 0 rings (SSSR count). The molecule has 0 radical (unpaired) electrons. The van der Waals surface area contributed by atoms with E-state index in [1.54, 1.807) is 0 Å². The Morgan fingerprint density at radius 1 is 0.459 bits per heavy atom. The number of carbonyl (C=O) groups is 2. The van der Waals surface area contributed by atoms with Gasteiger partial charge in [-0.3, -0.25) is 9.59 Å². The normalized spacial score (nSPS) is 11.1. The number of rotatable bonds is 30. The highest BCUT2D eigenvalue weighted by atomic mass is 35.5. The zero-order valence-electron chi connectivity index (χ0n) is 22.0. The van der Waals surface area contributed by atoms with Crippen LogP contribution in [0.4, 0.5) is 0 Å². The molecule has 2 N–H and O–H groups in total. The van der Waals surface area contributed by atoms with E-state index in [4.69, 9.17) is 48.1 Å². The smallest absolute Gasteiger partial charge is 0.305 e. The molecule has 0 aliphatic heterocycles. The lowest BCUT2D eigenvalue weighted by molar-refractivity contribution is -0.139. The first kappa shape index (κ1) is 38.0. The molecule has 0 saturated carbocycles. The van der Waals surface area contributed by atoms with Crippen LogP contribution in [0.3, 0.4) is 0 Å². The largest absolute Gasteiger partial charge is 0.481 e. The van der Waals surface area contributed by atoms with Crippen LogP contribution >= 0.6 is 12.4 Å². The summed E-state index contributed by atoms with van der Waals surface area (Å²) in [5.41, 5.74) is 0. The van der Waals surface area contributed by atoms with Crippen LogP contribution in [0.1, 0.15) is 12.8 Å². The standard InChI is InChI=1S/C23H45NO12.ClH/c1-24(4-8-31-12-16-35-20-18-33-14-10-29-6-2-22(25)26)5-9-32-13-17-36-21-19-34-15-11-30-7-3-23(27)28;/h2-21H2,1H3,(H,25,26)(H,27,28);1H. The third-order valence-electron chi connectivity index (χ3n) is 4.39. The van der Waals surface area contributed by atoms with Crippen molar-refractivity contribution in [2.45, 2.75) is 12.8 Å². The topological polar surface area (TPSA) is 152 Å². The van der Waals surface area contributed by atoms with Gasteiger partial charge >= 0.3 is 11.9 Å². The van der Waals surface area contributed by atoms with Crippen molar-refractivity contribution in [2.75, 3.05) is 126 Å². The molecule has 0 unspecified atom stereocenters. The summed E-state index contributed by atoms with van der Waals surface area (Å²) in [5, 5.41) is 16.9. The van der Waals surface area contributed by atoms with Crippen molar-refractivity contribution < 1.29 is 57.7 Å². The third-order valence-corrected chi connectivity index (χ3v) is 4.39. The van der Waals surface area contributed by atoms with Crippen LogP contribution < -0.4 is 0 Å². The van der Waals surface area contributed by atoms with E-state index in [-0.39, 0.29) is 38.5 Å². The predicted molar refractivity (Wildman–Crippen MR) is 136 cm³/mol. The summed E-state index contributed by atoms with van der Waals surface area (Å²) in [5.74, 6) is -1.75. The van der Waals surface area contributed by atoms with E-state index >= 15 is 0 Å². The van der Waals surface area contributed by atoms with Crippen molar-refractivity contribution in [3.63, 3.8) is 0 Å². The summed E-state index contributed by atoms with van der Waals surface area (Å²) in [6, 6.07) is 0. The molecule has 0 spiro atoms. The van der Waals surface area contributed by atoms with E-state index < -0.39 is 11.9 Å². The lowest BCUT2D eigenvalue weighted by atomic mass is 10.5. The number of hydrogen-bond acceptors (Lipinski definition) is 11. The Morgan fingerprint density at radius 3 is 0.919 bits per heavy atom. The monoisotopic (exact) mass is 563 g/mol. The molecule has 0 aromatic carbocycles. The molecule has 0 heterocycles. The van der Waals surface area contributed by atoms with Crippen molar-refractivity contribution in [3.05, 3.63) is 0 Å². The molecule has 0 aliphatic carbocycles. The second-order valence-electron chi connectivity index (χ2n) is 7.49. The van der Waals surface area contributed by atoms with Gasteiger partial charge in [-0.2, -0.15) is 0 Å². The minimum absolute atomic E-state index is 0. The maximum Gasteiger partial charge on any atom is 0.305 e. The van der Waals surface area contributed by atoms with E-state index in [0.29, 0.717) is 92.5 Å². The third kappa shape index (κ3) is 34.9. The van der Waals surface area contributed by atoms with Gasteiger partial charge < -0.3 is 53.0 Å². The van der Waals surface area contributed by atoms with Gasteiger partial charge in [0.05, 0.1) is 119 Å². The van der Waals surface area contributed by atoms with Gasteiger partial charge in [0.25, 0.3) is 0 Å². The second-order valence-corrected chi connectivity index (χ2v) is 7.49. The second kappa shape index (κ2) is 31.1. The minimum atomic E-state index is -0.874. The van der Waals surface area contributed by atoms with Crippen LogP contribution in [0.5, 0.6) is 0 Å². The summed E-state index contributed by atoms with van der Waals surface area (Å²) in [4.78, 5) is 22.7. The number of hydrogen-bond donors (Lipinski definition) is 2. The van der Waals surface area contributed by atoms with Crippen LogP contribution in [0, 0.1) is 0 Å². The Balaban J connectivity index is 0. The van der Waals surface area contributed by atoms with Crippen LogP contribution in [0.25, 0.3) is 0 Å². The molecule has 0 amide bonds. The van der Waals surface area contributed by atoms with Crippen molar-refractivity contribution in [2.24, 2.45) is 0 Å². The number of nitrogens with zero attached hydrogens (tertiary/aromatic N) is 1. The molecule has 222 valence electrons. The number of halogens is 1. The number of likely N-dealkylation sites (N-methyl/N-ethyl adjacent to an activating group) is 1. The van der Waals surface area contributed by atoms with Crippen LogP contribution in [-0.2, 0) is 47.5 Å². The Kier molecular flexibility index (Phi) is 31.9. The maximum absolute atomic E-state index is 10.3. The fourth-order valence-electron chi connectivity index (χ4n) is 2.40. The highest BCUT2D eigenvalue weighted by Gasteiger charge is 2.00. The summed E-state index contributed by atoms with van der Waals surface area (Å²) < 4.78 is 42.8. The number of carboxylic acid groups (broad SMARTS) is 2. The van der Waals surface area contributed by atoms with Crippen molar-refractivity contribution in [3.8, 4) is 0 Å². The predicted octanol–water partition coefficient (Wildman–Crippen LogP) is 0.422. The molecule has 0 aromatic rings. The maximum atomic E-state index is 10.3. The van der Waals surface area contributed by atoms with Crippen molar-refractivity contribution in [1.82, 2.24) is 4.90 Å². The first-order valence-corrected chi connectivity index (χ1v) is 12.3. The van der Waals surface area contributed by atoms with Gasteiger partial charge in [0.2, 0.25) is 0 Å². The lowest BCUT2D eigenvalue weighted by Crippen LogP contribution is -2.28. The van der Waals surface area contributed by atoms with E-state index in [9.17, 15) is 9.59 Å². The van der Waals surface area contributed by atoms with Gasteiger partial charge in [-0.05, 0) is 7.05 Å². The summed E-state index contributed by atoms with van der Waals surface area (Å²) >= 11 is 0.